The lowest BCUT2D eigenvalue weighted by Gasteiger charge is -2.37. The minimum Gasteiger partial charge on any atom is -0.495 e. The molecule has 2 aromatic heterocycles. The third kappa shape index (κ3) is 2.89. The predicted octanol–water partition coefficient (Wildman–Crippen LogP) is 3.89. The maximum Gasteiger partial charge on any atom is 0.174 e. The molecule has 0 aliphatic carbocycles. The summed E-state index contributed by atoms with van der Waals surface area (Å²) >= 11 is 5.73. The highest BCUT2D eigenvalue weighted by molar-refractivity contribution is 7.80. The molecule has 1 aliphatic rings. The summed E-state index contributed by atoms with van der Waals surface area (Å²) < 4.78 is 13.4. The van der Waals surface area contributed by atoms with Crippen LogP contribution >= 0.6 is 12.2 Å². The molecule has 0 saturated carbocycles. The van der Waals surface area contributed by atoms with Gasteiger partial charge in [0.15, 0.2) is 5.11 Å². The molecule has 0 amide bonds. The number of hydrogen-bond acceptors (Lipinski definition) is 3. The fourth-order valence-corrected chi connectivity index (χ4v) is 3.59. The molecule has 6 heteroatoms. The smallest absolute Gasteiger partial charge is 0.174 e. The van der Waals surface area contributed by atoms with Crippen LogP contribution in [0.2, 0.25) is 0 Å². The van der Waals surface area contributed by atoms with E-state index in [1.165, 1.54) is 5.69 Å². The van der Waals surface area contributed by atoms with Crippen molar-refractivity contribution in [3.8, 4) is 5.75 Å². The molecule has 5 nitrogen and oxygen atoms in total. The molecule has 1 atom stereocenters. The average Bonchev–Trinajstić information content (AvgIpc) is 3.32. The van der Waals surface area contributed by atoms with Crippen LogP contribution in [0.3, 0.4) is 0 Å². The molecule has 1 aromatic carbocycles. The summed E-state index contributed by atoms with van der Waals surface area (Å²) in [6.07, 6.45) is 3.80. The van der Waals surface area contributed by atoms with Crippen LogP contribution in [0.4, 0.5) is 5.69 Å². The topological polar surface area (TPSA) is 42.6 Å². The van der Waals surface area contributed by atoms with Gasteiger partial charge in [0.2, 0.25) is 0 Å². The first-order chi connectivity index (χ1) is 12.3. The number of methoxy groups -OCH3 is 1. The van der Waals surface area contributed by atoms with Gasteiger partial charge in [0, 0.05) is 25.0 Å². The molecule has 0 spiro atoms. The lowest BCUT2D eigenvalue weighted by Crippen LogP contribution is -2.44. The van der Waals surface area contributed by atoms with Crippen molar-refractivity contribution in [1.82, 2.24) is 9.47 Å². The minimum atomic E-state index is -0.0477. The first-order valence-electron chi connectivity index (χ1n) is 8.17. The Labute approximate surface area is 151 Å². The van der Waals surface area contributed by atoms with Crippen molar-refractivity contribution >= 4 is 23.0 Å². The molecule has 128 valence electrons. The zero-order valence-electron chi connectivity index (χ0n) is 13.9. The summed E-state index contributed by atoms with van der Waals surface area (Å²) in [5, 5.41) is 3.98. The second kappa shape index (κ2) is 6.64. The summed E-state index contributed by atoms with van der Waals surface area (Å²) in [4.78, 5) is 2.16. The molecule has 1 unspecified atom stereocenters. The number of rotatable bonds is 3. The number of nitrogens with one attached hydrogen (secondary N) is 1. The van der Waals surface area contributed by atoms with E-state index in [9.17, 15) is 0 Å². The van der Waals surface area contributed by atoms with Crippen LogP contribution in [-0.4, -0.2) is 28.2 Å². The van der Waals surface area contributed by atoms with Gasteiger partial charge in [0.05, 0.1) is 19.1 Å². The van der Waals surface area contributed by atoms with Crippen LogP contribution in [0.15, 0.2) is 65.4 Å². The van der Waals surface area contributed by atoms with Crippen LogP contribution in [-0.2, 0) is 6.54 Å². The number of nitrogens with zero attached hydrogens (tertiary/aromatic N) is 2. The lowest BCUT2D eigenvalue weighted by atomic mass is 10.1. The Morgan fingerprint density at radius 2 is 2.04 bits per heavy atom. The van der Waals surface area contributed by atoms with Crippen LogP contribution in [0.25, 0.3) is 0 Å². The largest absolute Gasteiger partial charge is 0.495 e. The lowest BCUT2D eigenvalue weighted by molar-refractivity contribution is 0.261. The number of para-hydroxylation sites is 2. The van der Waals surface area contributed by atoms with Crippen LogP contribution in [0.1, 0.15) is 17.5 Å². The summed E-state index contributed by atoms with van der Waals surface area (Å²) in [6.45, 7) is 1.68. The summed E-state index contributed by atoms with van der Waals surface area (Å²) in [5.74, 6) is 1.64. The van der Waals surface area contributed by atoms with Crippen LogP contribution in [0, 0.1) is 0 Å². The Balaban J connectivity index is 1.65. The number of furan rings is 1. The van der Waals surface area contributed by atoms with Crippen LogP contribution in [0.5, 0.6) is 5.75 Å². The molecule has 25 heavy (non-hydrogen) atoms. The maximum absolute atomic E-state index is 5.73. The highest BCUT2D eigenvalue weighted by Gasteiger charge is 2.32. The number of benzene rings is 1. The van der Waals surface area contributed by atoms with Crippen molar-refractivity contribution in [3.63, 3.8) is 0 Å². The molecule has 1 aliphatic heterocycles. The second-order valence-electron chi connectivity index (χ2n) is 5.87. The molecular formula is C19H19N3O2S. The predicted molar refractivity (Wildman–Crippen MR) is 101 cm³/mol. The molecule has 1 N–H and O–H groups in total. The van der Waals surface area contributed by atoms with Gasteiger partial charge in [-0.2, -0.15) is 0 Å². The van der Waals surface area contributed by atoms with Crippen molar-refractivity contribution in [1.29, 1.82) is 0 Å². The van der Waals surface area contributed by atoms with Gasteiger partial charge in [0.25, 0.3) is 0 Å². The number of aromatic nitrogens is 1. The number of anilines is 1. The monoisotopic (exact) mass is 353 g/mol. The summed E-state index contributed by atoms with van der Waals surface area (Å²) in [5.41, 5.74) is 2.03. The molecule has 0 bridgehead atoms. The van der Waals surface area contributed by atoms with E-state index in [-0.39, 0.29) is 6.04 Å². The van der Waals surface area contributed by atoms with Gasteiger partial charge in [-0.1, -0.05) is 12.1 Å². The van der Waals surface area contributed by atoms with Gasteiger partial charge in [-0.3, -0.25) is 0 Å². The van der Waals surface area contributed by atoms with E-state index in [4.69, 9.17) is 21.4 Å². The normalized spacial score (nSPS) is 16.4. The number of hydrogen-bond donors (Lipinski definition) is 1. The average molecular weight is 353 g/mol. The Morgan fingerprint density at radius 1 is 1.16 bits per heavy atom. The van der Waals surface area contributed by atoms with Crippen molar-refractivity contribution in [3.05, 3.63) is 72.4 Å². The highest BCUT2D eigenvalue weighted by atomic mass is 32.1. The van der Waals surface area contributed by atoms with Crippen molar-refractivity contribution < 1.29 is 9.15 Å². The van der Waals surface area contributed by atoms with Gasteiger partial charge in [-0.15, -0.1) is 0 Å². The Bertz CT molecular complexity index is 872. The first kappa shape index (κ1) is 15.8. The maximum atomic E-state index is 5.73. The van der Waals surface area contributed by atoms with Crippen LogP contribution < -0.4 is 10.1 Å². The van der Waals surface area contributed by atoms with E-state index in [1.807, 2.05) is 36.4 Å². The standard InChI is InChI=1S/C19H19N3O2S/c1-23-16-8-3-2-6-14(16)20-19(25)22-12-11-21-10-4-7-15(21)18(22)17-9-5-13-24-17/h2-10,13,18H,11-12H2,1H3,(H,20,25). The van der Waals surface area contributed by atoms with E-state index >= 15 is 0 Å². The van der Waals surface area contributed by atoms with Gasteiger partial charge in [0.1, 0.15) is 17.6 Å². The summed E-state index contributed by atoms with van der Waals surface area (Å²) in [7, 11) is 1.66. The molecule has 0 fully saturated rings. The number of thiocarbonyl (C=S) groups is 1. The SMILES string of the molecule is COc1ccccc1NC(=S)N1CCn2cccc2C1c1ccco1. The molecule has 0 radical (unpaired) electrons. The second-order valence-corrected chi connectivity index (χ2v) is 6.25. The Hall–Kier alpha value is -2.73. The third-order valence-corrected chi connectivity index (χ3v) is 4.80. The molecule has 3 heterocycles. The van der Waals surface area contributed by atoms with E-state index < -0.39 is 0 Å². The van der Waals surface area contributed by atoms with E-state index in [2.05, 4.69) is 33.1 Å². The molecule has 0 saturated heterocycles. The van der Waals surface area contributed by atoms with Gasteiger partial charge in [-0.25, -0.2) is 0 Å². The van der Waals surface area contributed by atoms with Crippen molar-refractivity contribution in [2.75, 3.05) is 19.0 Å². The summed E-state index contributed by atoms with van der Waals surface area (Å²) in [6, 6.07) is 15.8. The quantitative estimate of drug-likeness (QED) is 0.724. The number of fused-ring (bicyclic) bond motifs is 1. The van der Waals surface area contributed by atoms with E-state index in [0.29, 0.717) is 5.11 Å². The number of ether oxygens (including phenoxy) is 1. The highest BCUT2D eigenvalue weighted by Crippen LogP contribution is 2.34. The fourth-order valence-electron chi connectivity index (χ4n) is 3.28. The fraction of sp³-hybridized carbons (Fsp3) is 0.211. The van der Waals surface area contributed by atoms with Gasteiger partial charge < -0.3 is 23.9 Å². The zero-order valence-corrected chi connectivity index (χ0v) is 14.7. The Morgan fingerprint density at radius 3 is 2.84 bits per heavy atom. The van der Waals surface area contributed by atoms with Crippen molar-refractivity contribution in [2.45, 2.75) is 12.6 Å². The van der Waals surface area contributed by atoms with Gasteiger partial charge >= 0.3 is 0 Å². The van der Waals surface area contributed by atoms with E-state index in [0.717, 1.165) is 30.3 Å². The van der Waals surface area contributed by atoms with E-state index in [1.54, 1.807) is 13.4 Å². The minimum absolute atomic E-state index is 0.0477. The molecule has 3 aromatic rings. The third-order valence-electron chi connectivity index (χ3n) is 4.46. The Kier molecular flexibility index (Phi) is 4.19. The zero-order chi connectivity index (χ0) is 17.2. The van der Waals surface area contributed by atoms with Crippen molar-refractivity contribution in [2.24, 2.45) is 0 Å². The first-order valence-corrected chi connectivity index (χ1v) is 8.58. The molecular weight excluding hydrogens is 334 g/mol. The molecule has 4 rings (SSSR count). The van der Waals surface area contributed by atoms with Gasteiger partial charge in [-0.05, 0) is 48.6 Å².